The predicted octanol–water partition coefficient (Wildman–Crippen LogP) is 20.2. The van der Waals surface area contributed by atoms with Crippen molar-refractivity contribution in [3.63, 3.8) is 0 Å². The molecule has 0 aromatic carbocycles. The van der Waals surface area contributed by atoms with Crippen molar-refractivity contribution >= 4 is 17.9 Å². The van der Waals surface area contributed by atoms with Crippen LogP contribution >= 0.6 is 0 Å². The van der Waals surface area contributed by atoms with Gasteiger partial charge in [-0.2, -0.15) is 0 Å². The van der Waals surface area contributed by atoms with Crippen LogP contribution in [0.3, 0.4) is 0 Å². The summed E-state index contributed by atoms with van der Waals surface area (Å²) >= 11 is 0. The number of hydrogen-bond donors (Lipinski definition) is 0. The lowest BCUT2D eigenvalue weighted by atomic mass is 10.1. The molecule has 6 nitrogen and oxygen atoms in total. The molecule has 0 aromatic heterocycles. The Hall–Kier alpha value is -4.45. The monoisotopic (exact) mass is 1010 g/mol. The normalized spacial score (nSPS) is 13.1. The van der Waals surface area contributed by atoms with E-state index in [9.17, 15) is 14.4 Å². The first kappa shape index (κ1) is 68.6. The van der Waals surface area contributed by atoms with Crippen LogP contribution in [0.5, 0.6) is 0 Å². The second-order valence-corrected chi connectivity index (χ2v) is 19.2. The highest BCUT2D eigenvalue weighted by atomic mass is 16.6. The Morgan fingerprint density at radius 3 is 0.904 bits per heavy atom. The largest absolute Gasteiger partial charge is 0.462 e. The Bertz CT molecular complexity index is 1580. The molecule has 0 aliphatic carbocycles. The van der Waals surface area contributed by atoms with Gasteiger partial charge in [-0.1, -0.05) is 231 Å². The highest BCUT2D eigenvalue weighted by Crippen LogP contribution is 2.14. The van der Waals surface area contributed by atoms with E-state index in [4.69, 9.17) is 14.2 Å². The summed E-state index contributed by atoms with van der Waals surface area (Å²) in [4.78, 5) is 38.2. The summed E-state index contributed by atoms with van der Waals surface area (Å²) in [6, 6.07) is 0. The highest BCUT2D eigenvalue weighted by molar-refractivity contribution is 5.71. The van der Waals surface area contributed by atoms with Crippen molar-refractivity contribution in [2.24, 2.45) is 0 Å². The molecule has 412 valence electrons. The second-order valence-electron chi connectivity index (χ2n) is 19.2. The lowest BCUT2D eigenvalue weighted by Gasteiger charge is -2.18. The molecule has 0 aliphatic heterocycles. The number of ether oxygens (including phenoxy) is 3. The van der Waals surface area contributed by atoms with E-state index in [2.05, 4.69) is 154 Å². The molecule has 1 atom stereocenters. The number of unbranched alkanes of at least 4 members (excludes halogenated alkanes) is 19. The van der Waals surface area contributed by atoms with Gasteiger partial charge in [0.2, 0.25) is 0 Å². The van der Waals surface area contributed by atoms with Gasteiger partial charge in [0, 0.05) is 19.3 Å². The minimum absolute atomic E-state index is 0.118. The standard InChI is InChI=1S/C67H108O6/c1-4-7-10-13-16-19-22-25-28-31-33-36-39-42-45-48-51-54-57-60-66(69)72-63-64(62-71-65(68)59-56-53-50-47-44-41-38-35-30-27-24-21-18-15-12-9-6-3)73-67(70)61-58-55-52-49-46-43-40-37-34-32-29-26-23-20-17-14-11-8-5-2/h7,10,16-21,25-30,33,36,38,41-42,45,47,50,64H,4-6,8-9,11-15,22-24,31-32,34-35,37,39-40,43-44,46,48-49,51-63H2,1-3H3/b10-7-,19-16-,20-17-,21-18-,28-25-,29-26-,30-27-,36-33-,41-38-,45-42-,50-47-/t64-/m0/s1. The minimum atomic E-state index is -0.822. The van der Waals surface area contributed by atoms with E-state index in [1.807, 2.05) is 0 Å². The van der Waals surface area contributed by atoms with Crippen LogP contribution in [0.1, 0.15) is 252 Å². The zero-order chi connectivity index (χ0) is 52.9. The van der Waals surface area contributed by atoms with Crippen molar-refractivity contribution in [2.75, 3.05) is 13.2 Å². The maximum atomic E-state index is 12.9. The van der Waals surface area contributed by atoms with Crippen LogP contribution in [-0.2, 0) is 28.6 Å². The Balaban J connectivity index is 4.55. The molecule has 6 heteroatoms. The van der Waals surface area contributed by atoms with Gasteiger partial charge < -0.3 is 14.2 Å². The zero-order valence-corrected chi connectivity index (χ0v) is 47.1. The Morgan fingerprint density at radius 2 is 0.548 bits per heavy atom. The van der Waals surface area contributed by atoms with E-state index in [0.29, 0.717) is 19.3 Å². The summed E-state index contributed by atoms with van der Waals surface area (Å²) in [6.07, 6.45) is 84.4. The summed E-state index contributed by atoms with van der Waals surface area (Å²) in [5.74, 6) is -1.01. The molecule has 0 amide bonds. The summed E-state index contributed by atoms with van der Waals surface area (Å²) in [5.41, 5.74) is 0. The first-order chi connectivity index (χ1) is 36.0. The summed E-state index contributed by atoms with van der Waals surface area (Å²) in [7, 11) is 0. The molecule has 0 rings (SSSR count). The fourth-order valence-electron chi connectivity index (χ4n) is 7.67. The Morgan fingerprint density at radius 1 is 0.288 bits per heavy atom. The van der Waals surface area contributed by atoms with Gasteiger partial charge >= 0.3 is 17.9 Å². The maximum Gasteiger partial charge on any atom is 0.306 e. The molecule has 0 saturated heterocycles. The quantitative estimate of drug-likeness (QED) is 0.0261. The SMILES string of the molecule is CC/C=C\C/C=C\C/C=C\C/C=C\C/C=C\CCCCCC(=O)OC[C@H](COC(=O)CCC/C=C\C/C=C\C/C=C\C/C=C\CCCCC)OC(=O)CCCCCCCCCCC/C=C\C/C=C\CCCCC. The fourth-order valence-corrected chi connectivity index (χ4v) is 7.67. The van der Waals surface area contributed by atoms with Gasteiger partial charge in [0.05, 0.1) is 0 Å². The van der Waals surface area contributed by atoms with Gasteiger partial charge in [0.15, 0.2) is 6.10 Å². The van der Waals surface area contributed by atoms with Gasteiger partial charge in [-0.3, -0.25) is 14.4 Å². The molecule has 0 aliphatic rings. The number of rotatable bonds is 52. The zero-order valence-electron chi connectivity index (χ0n) is 47.1. The van der Waals surface area contributed by atoms with Crippen molar-refractivity contribution < 1.29 is 28.6 Å². The summed E-state index contributed by atoms with van der Waals surface area (Å²) in [6.45, 7) is 6.39. The maximum absolute atomic E-state index is 12.9. The molecule has 0 radical (unpaired) electrons. The number of esters is 3. The lowest BCUT2D eigenvalue weighted by Crippen LogP contribution is -2.30. The van der Waals surface area contributed by atoms with E-state index >= 15 is 0 Å². The highest BCUT2D eigenvalue weighted by Gasteiger charge is 2.19. The molecule has 0 bridgehead atoms. The van der Waals surface area contributed by atoms with Gasteiger partial charge in [-0.25, -0.2) is 0 Å². The molecule has 0 aromatic rings. The van der Waals surface area contributed by atoms with Crippen LogP contribution in [-0.4, -0.2) is 37.2 Å². The van der Waals surface area contributed by atoms with Crippen molar-refractivity contribution in [1.82, 2.24) is 0 Å². The van der Waals surface area contributed by atoms with E-state index in [1.54, 1.807) is 0 Å². The fraction of sp³-hybridized carbons (Fsp3) is 0.627. The van der Waals surface area contributed by atoms with Crippen molar-refractivity contribution in [2.45, 2.75) is 258 Å². The van der Waals surface area contributed by atoms with Crippen LogP contribution in [0, 0.1) is 0 Å². The van der Waals surface area contributed by atoms with E-state index in [0.717, 1.165) is 109 Å². The Kier molecular flexibility index (Phi) is 56.4. The number of carbonyl (C=O) groups is 3. The predicted molar refractivity (Wildman–Crippen MR) is 316 cm³/mol. The number of carbonyl (C=O) groups excluding carboxylic acids is 3. The average molecular weight is 1010 g/mol. The smallest absolute Gasteiger partial charge is 0.306 e. The molecule has 0 unspecified atom stereocenters. The van der Waals surface area contributed by atoms with Gasteiger partial charge in [0.1, 0.15) is 13.2 Å². The van der Waals surface area contributed by atoms with Gasteiger partial charge in [0.25, 0.3) is 0 Å². The van der Waals surface area contributed by atoms with E-state index in [1.165, 1.54) is 96.3 Å². The van der Waals surface area contributed by atoms with Crippen molar-refractivity contribution in [3.05, 3.63) is 134 Å². The first-order valence-corrected chi connectivity index (χ1v) is 29.7. The number of hydrogen-bond acceptors (Lipinski definition) is 6. The number of allylic oxidation sites excluding steroid dienone is 22. The molecule has 0 fully saturated rings. The van der Waals surface area contributed by atoms with Crippen LogP contribution in [0.4, 0.5) is 0 Å². The van der Waals surface area contributed by atoms with Crippen molar-refractivity contribution in [3.8, 4) is 0 Å². The second kappa shape index (κ2) is 60.1. The van der Waals surface area contributed by atoms with Gasteiger partial charge in [-0.15, -0.1) is 0 Å². The summed E-state index contributed by atoms with van der Waals surface area (Å²) in [5, 5.41) is 0. The molecular formula is C67H108O6. The molecular weight excluding hydrogens is 901 g/mol. The third kappa shape index (κ3) is 58.3. The topological polar surface area (TPSA) is 78.9 Å². The molecule has 0 spiro atoms. The lowest BCUT2D eigenvalue weighted by molar-refractivity contribution is -0.167. The van der Waals surface area contributed by atoms with Crippen molar-refractivity contribution in [1.29, 1.82) is 0 Å². The van der Waals surface area contributed by atoms with Crippen LogP contribution in [0.2, 0.25) is 0 Å². The van der Waals surface area contributed by atoms with Crippen LogP contribution < -0.4 is 0 Å². The third-order valence-corrected chi connectivity index (χ3v) is 12.1. The first-order valence-electron chi connectivity index (χ1n) is 29.7. The minimum Gasteiger partial charge on any atom is -0.462 e. The Labute approximate surface area is 449 Å². The van der Waals surface area contributed by atoms with Crippen LogP contribution in [0.15, 0.2) is 134 Å². The molecule has 0 saturated carbocycles. The molecule has 73 heavy (non-hydrogen) atoms. The average Bonchev–Trinajstić information content (AvgIpc) is 3.39. The van der Waals surface area contributed by atoms with Crippen LogP contribution in [0.25, 0.3) is 0 Å². The summed E-state index contributed by atoms with van der Waals surface area (Å²) < 4.78 is 16.8. The van der Waals surface area contributed by atoms with Gasteiger partial charge in [-0.05, 0) is 135 Å². The molecule has 0 N–H and O–H groups in total. The van der Waals surface area contributed by atoms with E-state index < -0.39 is 6.10 Å². The van der Waals surface area contributed by atoms with E-state index in [-0.39, 0.29) is 37.5 Å². The molecule has 0 heterocycles. The third-order valence-electron chi connectivity index (χ3n) is 12.1.